The van der Waals surface area contributed by atoms with Crippen molar-refractivity contribution in [1.29, 1.82) is 0 Å². The monoisotopic (exact) mass is 261 g/mol. The van der Waals surface area contributed by atoms with E-state index in [4.69, 9.17) is 20.3 Å². The summed E-state index contributed by atoms with van der Waals surface area (Å²) in [6.45, 7) is -0.488. The van der Waals surface area contributed by atoms with Gasteiger partial charge in [-0.05, 0) is 7.05 Å². The first-order valence-electron chi connectivity index (χ1n) is 4.01. The lowest BCUT2D eigenvalue weighted by Gasteiger charge is -2.08. The van der Waals surface area contributed by atoms with Gasteiger partial charge >= 0.3 is 25.1 Å². The number of alkyl halides is 3. The van der Waals surface area contributed by atoms with Gasteiger partial charge in [-0.2, -0.15) is 13.2 Å². The Morgan fingerprint density at radius 3 is 1.47 bits per heavy atom. The van der Waals surface area contributed by atoms with Crippen LogP contribution in [0.3, 0.4) is 0 Å². The van der Waals surface area contributed by atoms with E-state index >= 15 is 0 Å². The highest BCUT2D eigenvalue weighted by atomic mass is 19.4. The first kappa shape index (κ1) is 18.1. The van der Waals surface area contributed by atoms with E-state index in [-0.39, 0.29) is 13.1 Å². The number of nitrogens with zero attached hydrogens (tertiary/aromatic N) is 1. The average molecular weight is 261 g/mol. The van der Waals surface area contributed by atoms with Crippen LogP contribution in [0, 0.1) is 0 Å². The van der Waals surface area contributed by atoms with Crippen LogP contribution in [-0.4, -0.2) is 70.4 Å². The van der Waals surface area contributed by atoms with Crippen LogP contribution in [0.15, 0.2) is 0 Å². The van der Waals surface area contributed by atoms with E-state index < -0.39 is 25.1 Å². The van der Waals surface area contributed by atoms with Gasteiger partial charge in [0.05, 0.1) is 13.1 Å². The van der Waals surface area contributed by atoms with Gasteiger partial charge in [0, 0.05) is 0 Å². The van der Waals surface area contributed by atoms with Crippen molar-refractivity contribution in [3.8, 4) is 0 Å². The minimum absolute atomic E-state index is 0.244. The zero-order valence-corrected chi connectivity index (χ0v) is 8.68. The van der Waals surface area contributed by atoms with Crippen molar-refractivity contribution in [2.24, 2.45) is 0 Å². The summed E-state index contributed by atoms with van der Waals surface area (Å²) in [6.07, 6.45) is -4.89. The van der Waals surface area contributed by atoms with Crippen LogP contribution >= 0.6 is 0 Å². The van der Waals surface area contributed by atoms with E-state index in [0.717, 1.165) is 0 Å². The number of hydrogen-bond donors (Lipinski definition) is 4. The number of carboxylic acids is 2. The van der Waals surface area contributed by atoms with Gasteiger partial charge in [0.15, 0.2) is 0 Å². The van der Waals surface area contributed by atoms with Crippen LogP contribution < -0.4 is 0 Å². The Morgan fingerprint density at radius 1 is 1.12 bits per heavy atom. The quantitative estimate of drug-likeness (QED) is 0.462. The number of likely N-dealkylation sites (N-methyl/N-ethyl adjacent to an activating group) is 1. The van der Waals surface area contributed by atoms with Crippen LogP contribution in [0.25, 0.3) is 0 Å². The van der Waals surface area contributed by atoms with Gasteiger partial charge < -0.3 is 20.3 Å². The average Bonchev–Trinajstić information content (AvgIpc) is 1.98. The largest absolute Gasteiger partial charge is 0.573 e. The van der Waals surface area contributed by atoms with Crippen molar-refractivity contribution < 1.29 is 43.0 Å². The molecule has 11 heteroatoms. The van der Waals surface area contributed by atoms with Crippen LogP contribution in [0.4, 0.5) is 13.2 Å². The second kappa shape index (κ2) is 7.87. The predicted octanol–water partition coefficient (Wildman–Crippen LogP) is -1.35. The molecule has 0 aliphatic rings. The summed E-state index contributed by atoms with van der Waals surface area (Å²) in [5, 5.41) is 31.0. The second-order valence-electron chi connectivity index (χ2n) is 2.88. The van der Waals surface area contributed by atoms with Gasteiger partial charge in [-0.15, -0.1) is 0 Å². The number of aliphatic carboxylic acids is 2. The topological polar surface area (TPSA) is 118 Å². The Kier molecular flexibility index (Phi) is 8.36. The Labute approximate surface area is 94.2 Å². The van der Waals surface area contributed by atoms with Crippen LogP contribution in [0.5, 0.6) is 0 Å². The Bertz CT molecular complexity index is 243. The molecule has 0 atom stereocenters. The summed E-state index contributed by atoms with van der Waals surface area (Å²) in [5.74, 6) is -2.05. The molecule has 17 heavy (non-hydrogen) atoms. The molecule has 0 aliphatic heterocycles. The molecule has 0 amide bonds. The van der Waals surface area contributed by atoms with E-state index in [2.05, 4.69) is 0 Å². The van der Waals surface area contributed by atoms with Crippen LogP contribution in [-0.2, 0) is 9.59 Å². The maximum atomic E-state index is 10.7. The van der Waals surface area contributed by atoms with Gasteiger partial charge in [-0.25, -0.2) is 0 Å². The summed E-state index contributed by atoms with van der Waals surface area (Å²) in [4.78, 5) is 21.1. The molecular formula is C6H11BF3NO6. The van der Waals surface area contributed by atoms with Crippen LogP contribution in [0.1, 0.15) is 0 Å². The fourth-order valence-electron chi connectivity index (χ4n) is 0.518. The zero-order valence-electron chi connectivity index (χ0n) is 8.68. The summed E-state index contributed by atoms with van der Waals surface area (Å²) in [6, 6.07) is 0. The van der Waals surface area contributed by atoms with Crippen molar-refractivity contribution in [1.82, 2.24) is 4.90 Å². The van der Waals surface area contributed by atoms with Crippen molar-refractivity contribution in [2.45, 2.75) is 6.08 Å². The lowest BCUT2D eigenvalue weighted by atomic mass is 9.92. The van der Waals surface area contributed by atoms with Crippen molar-refractivity contribution in [3.63, 3.8) is 0 Å². The SMILES string of the molecule is CN(CC(=O)O)CC(=O)O.OB(O)C(F)(F)F. The number of carbonyl (C=O) groups is 2. The number of rotatable bonds is 4. The van der Waals surface area contributed by atoms with E-state index in [1.165, 1.54) is 11.9 Å². The molecule has 0 heterocycles. The smallest absolute Gasteiger partial charge is 0.480 e. The van der Waals surface area contributed by atoms with E-state index in [9.17, 15) is 22.8 Å². The summed E-state index contributed by atoms with van der Waals surface area (Å²) in [5.41, 5.74) is 0. The highest BCUT2D eigenvalue weighted by molar-refractivity contribution is 6.43. The minimum Gasteiger partial charge on any atom is -0.480 e. The van der Waals surface area contributed by atoms with E-state index in [1.807, 2.05) is 0 Å². The molecule has 0 aromatic carbocycles. The third kappa shape index (κ3) is 14.7. The van der Waals surface area contributed by atoms with Gasteiger partial charge in [0.2, 0.25) is 0 Å². The first-order chi connectivity index (χ1) is 7.46. The fourth-order valence-corrected chi connectivity index (χ4v) is 0.518. The summed E-state index contributed by atoms with van der Waals surface area (Å²) >= 11 is 0. The van der Waals surface area contributed by atoms with Crippen molar-refractivity contribution >= 4 is 19.1 Å². The van der Waals surface area contributed by atoms with Gasteiger partial charge in [0.25, 0.3) is 0 Å². The lowest BCUT2D eigenvalue weighted by Crippen LogP contribution is -2.33. The maximum absolute atomic E-state index is 10.7. The molecule has 100 valence electrons. The van der Waals surface area contributed by atoms with Crippen molar-refractivity contribution in [3.05, 3.63) is 0 Å². The molecule has 0 aliphatic carbocycles. The Balaban J connectivity index is 0. The molecule has 0 fully saturated rings. The lowest BCUT2D eigenvalue weighted by molar-refractivity contribution is -0.141. The normalized spacial score (nSPS) is 10.5. The third-order valence-electron chi connectivity index (χ3n) is 1.10. The third-order valence-corrected chi connectivity index (χ3v) is 1.10. The molecule has 0 aromatic heterocycles. The Hall–Kier alpha value is -1.33. The molecule has 4 N–H and O–H groups in total. The van der Waals surface area contributed by atoms with Gasteiger partial charge in [-0.3, -0.25) is 14.5 Å². The predicted molar refractivity (Wildman–Crippen MR) is 49.0 cm³/mol. The highest BCUT2D eigenvalue weighted by Crippen LogP contribution is 2.14. The van der Waals surface area contributed by atoms with Gasteiger partial charge in [0.1, 0.15) is 0 Å². The first-order valence-corrected chi connectivity index (χ1v) is 4.01. The minimum atomic E-state index is -4.89. The van der Waals surface area contributed by atoms with Gasteiger partial charge in [-0.1, -0.05) is 0 Å². The molecule has 0 saturated carbocycles. The van der Waals surface area contributed by atoms with Crippen LogP contribution in [0.2, 0.25) is 0 Å². The summed E-state index contributed by atoms with van der Waals surface area (Å²) in [7, 11) is -1.77. The zero-order chi connectivity index (χ0) is 14.2. The molecule has 0 aromatic rings. The summed E-state index contributed by atoms with van der Waals surface area (Å²) < 4.78 is 32.0. The fraction of sp³-hybridized carbons (Fsp3) is 0.667. The van der Waals surface area contributed by atoms with E-state index in [0.29, 0.717) is 0 Å². The van der Waals surface area contributed by atoms with Crippen molar-refractivity contribution in [2.75, 3.05) is 20.1 Å². The standard InChI is InChI=1S/C5H9NO4.CH2BF3O2/c1-6(2-4(7)8)3-5(9)10;3-1(4,5)2(6)7/h2-3H2,1H3,(H,7,8)(H,9,10);6-7H. The van der Waals surface area contributed by atoms with E-state index in [1.54, 1.807) is 0 Å². The molecule has 0 bridgehead atoms. The number of hydrogen-bond acceptors (Lipinski definition) is 5. The second-order valence-corrected chi connectivity index (χ2v) is 2.88. The molecular weight excluding hydrogens is 250 g/mol. The number of halogens is 3. The molecule has 0 spiro atoms. The molecule has 7 nitrogen and oxygen atoms in total. The molecule has 0 radical (unpaired) electrons. The Morgan fingerprint density at radius 2 is 1.35 bits per heavy atom. The maximum Gasteiger partial charge on any atom is 0.573 e. The molecule has 0 saturated heterocycles. The molecule has 0 unspecified atom stereocenters. The highest BCUT2D eigenvalue weighted by Gasteiger charge is 2.43. The molecule has 0 rings (SSSR count). The number of carboxylic acid groups (broad SMARTS) is 2.